The number of aliphatic hydroxyl groups excluding tert-OH is 1. The third-order valence-electron chi connectivity index (χ3n) is 2.66. The Kier molecular flexibility index (Phi) is 3.01. The van der Waals surface area contributed by atoms with Crippen LogP contribution in [0.25, 0.3) is 0 Å². The molecule has 0 unspecified atom stereocenters. The number of benzene rings is 1. The number of hydrogen-bond acceptors (Lipinski definition) is 1. The van der Waals surface area contributed by atoms with Crippen molar-refractivity contribution in [2.75, 3.05) is 0 Å². The number of hydrogen-bond donors (Lipinski definition) is 1. The van der Waals surface area contributed by atoms with E-state index in [1.54, 1.807) is 0 Å². The van der Waals surface area contributed by atoms with Crippen LogP contribution in [0.3, 0.4) is 0 Å². The lowest BCUT2D eigenvalue weighted by Crippen LogP contribution is -2.14. The van der Waals surface area contributed by atoms with Gasteiger partial charge in [-0.25, -0.2) is 0 Å². The van der Waals surface area contributed by atoms with Gasteiger partial charge in [0.25, 0.3) is 0 Å². The van der Waals surface area contributed by atoms with E-state index in [1.165, 1.54) is 16.7 Å². The van der Waals surface area contributed by atoms with E-state index in [4.69, 9.17) is 0 Å². The molecule has 1 rings (SSSR count). The van der Waals surface area contributed by atoms with Gasteiger partial charge >= 0.3 is 0 Å². The standard InChI is InChI=1S/C13H20O/c1-9-6-10(2)12(13(3,4)5)7-11(9)8-14/h6-7,14H,8H2,1-5H3. The third-order valence-corrected chi connectivity index (χ3v) is 2.66. The minimum Gasteiger partial charge on any atom is -0.392 e. The first kappa shape index (κ1) is 11.3. The van der Waals surface area contributed by atoms with Crippen LogP contribution >= 0.6 is 0 Å². The minimum absolute atomic E-state index is 0.134. The summed E-state index contributed by atoms with van der Waals surface area (Å²) in [5, 5.41) is 9.20. The molecule has 0 bridgehead atoms. The van der Waals surface area contributed by atoms with Gasteiger partial charge in [0.2, 0.25) is 0 Å². The lowest BCUT2D eigenvalue weighted by molar-refractivity contribution is 0.280. The van der Waals surface area contributed by atoms with Crippen LogP contribution in [0.1, 0.15) is 43.0 Å². The smallest absolute Gasteiger partial charge is 0.0684 e. The van der Waals surface area contributed by atoms with Gasteiger partial charge in [0, 0.05) is 0 Å². The molecular formula is C13H20O. The lowest BCUT2D eigenvalue weighted by atomic mass is 9.82. The lowest BCUT2D eigenvalue weighted by Gasteiger charge is -2.23. The first-order chi connectivity index (χ1) is 6.36. The zero-order valence-electron chi connectivity index (χ0n) is 9.81. The fourth-order valence-electron chi connectivity index (χ4n) is 1.88. The van der Waals surface area contributed by atoms with Gasteiger partial charge in [-0.15, -0.1) is 0 Å². The van der Waals surface area contributed by atoms with E-state index in [0.29, 0.717) is 0 Å². The fourth-order valence-corrected chi connectivity index (χ4v) is 1.88. The molecule has 78 valence electrons. The highest BCUT2D eigenvalue weighted by molar-refractivity contribution is 5.40. The van der Waals surface area contributed by atoms with Crippen LogP contribution in [0, 0.1) is 13.8 Å². The zero-order chi connectivity index (χ0) is 10.9. The van der Waals surface area contributed by atoms with Gasteiger partial charge in [0.05, 0.1) is 6.61 Å². The van der Waals surface area contributed by atoms with Crippen molar-refractivity contribution in [1.82, 2.24) is 0 Å². The Labute approximate surface area is 86.8 Å². The van der Waals surface area contributed by atoms with Crippen molar-refractivity contribution in [3.8, 4) is 0 Å². The second-order valence-electron chi connectivity index (χ2n) is 5.00. The fraction of sp³-hybridized carbons (Fsp3) is 0.538. The van der Waals surface area contributed by atoms with Gasteiger partial charge in [0.1, 0.15) is 0 Å². The predicted molar refractivity (Wildman–Crippen MR) is 60.5 cm³/mol. The average Bonchev–Trinajstić information content (AvgIpc) is 2.02. The van der Waals surface area contributed by atoms with E-state index in [0.717, 1.165) is 5.56 Å². The zero-order valence-corrected chi connectivity index (χ0v) is 9.81. The van der Waals surface area contributed by atoms with E-state index in [1.807, 2.05) is 6.92 Å². The van der Waals surface area contributed by atoms with E-state index in [-0.39, 0.29) is 12.0 Å². The van der Waals surface area contributed by atoms with Crippen molar-refractivity contribution in [2.45, 2.75) is 46.6 Å². The van der Waals surface area contributed by atoms with Gasteiger partial charge in [-0.2, -0.15) is 0 Å². The molecule has 1 aromatic carbocycles. The Balaban J connectivity index is 3.32. The molecule has 1 heteroatoms. The summed E-state index contributed by atoms with van der Waals surface area (Å²) in [4.78, 5) is 0. The largest absolute Gasteiger partial charge is 0.392 e. The molecule has 0 saturated heterocycles. The van der Waals surface area contributed by atoms with Crippen molar-refractivity contribution in [3.63, 3.8) is 0 Å². The van der Waals surface area contributed by atoms with Crippen LogP contribution in [-0.4, -0.2) is 5.11 Å². The van der Waals surface area contributed by atoms with Crippen LogP contribution in [0.2, 0.25) is 0 Å². The second-order valence-corrected chi connectivity index (χ2v) is 5.00. The van der Waals surface area contributed by atoms with Crippen LogP contribution in [0.4, 0.5) is 0 Å². The molecule has 1 nitrogen and oxygen atoms in total. The molecule has 14 heavy (non-hydrogen) atoms. The van der Waals surface area contributed by atoms with Crippen molar-refractivity contribution in [2.24, 2.45) is 0 Å². The summed E-state index contributed by atoms with van der Waals surface area (Å²) in [6, 6.07) is 4.29. The van der Waals surface area contributed by atoms with E-state index < -0.39 is 0 Å². The van der Waals surface area contributed by atoms with E-state index >= 15 is 0 Å². The van der Waals surface area contributed by atoms with Crippen LogP contribution in [0.15, 0.2) is 12.1 Å². The Bertz CT molecular complexity index is 332. The third kappa shape index (κ3) is 2.16. The van der Waals surface area contributed by atoms with Crippen LogP contribution in [-0.2, 0) is 12.0 Å². The van der Waals surface area contributed by atoms with Gasteiger partial charge < -0.3 is 5.11 Å². The van der Waals surface area contributed by atoms with Crippen LogP contribution < -0.4 is 0 Å². The summed E-state index contributed by atoms with van der Waals surface area (Å²) in [7, 11) is 0. The average molecular weight is 192 g/mol. The predicted octanol–water partition coefficient (Wildman–Crippen LogP) is 3.09. The maximum atomic E-state index is 9.20. The molecule has 0 aromatic heterocycles. The van der Waals surface area contributed by atoms with Crippen LogP contribution in [0.5, 0.6) is 0 Å². The topological polar surface area (TPSA) is 20.2 Å². The summed E-state index contributed by atoms with van der Waals surface area (Å²) >= 11 is 0. The molecule has 0 aliphatic rings. The van der Waals surface area contributed by atoms with Crippen molar-refractivity contribution < 1.29 is 5.11 Å². The second kappa shape index (κ2) is 3.74. The van der Waals surface area contributed by atoms with E-state index in [9.17, 15) is 5.11 Å². The molecule has 0 amide bonds. The number of aliphatic hydroxyl groups is 1. The Hall–Kier alpha value is -0.820. The minimum atomic E-state index is 0.134. The Morgan fingerprint density at radius 1 is 1.07 bits per heavy atom. The number of aryl methyl sites for hydroxylation is 2. The molecule has 0 saturated carbocycles. The summed E-state index contributed by atoms with van der Waals surface area (Å²) in [5.74, 6) is 0. The molecule has 1 N–H and O–H groups in total. The monoisotopic (exact) mass is 192 g/mol. The highest BCUT2D eigenvalue weighted by Gasteiger charge is 2.17. The van der Waals surface area contributed by atoms with Gasteiger partial charge in [-0.05, 0) is 41.5 Å². The molecule has 0 fully saturated rings. The first-order valence-electron chi connectivity index (χ1n) is 5.07. The maximum Gasteiger partial charge on any atom is 0.0684 e. The Morgan fingerprint density at radius 2 is 1.64 bits per heavy atom. The number of rotatable bonds is 1. The SMILES string of the molecule is Cc1cc(C)c(C(C)(C)C)cc1CO. The Morgan fingerprint density at radius 3 is 2.07 bits per heavy atom. The molecular weight excluding hydrogens is 172 g/mol. The van der Waals surface area contributed by atoms with Crippen molar-refractivity contribution >= 4 is 0 Å². The summed E-state index contributed by atoms with van der Waals surface area (Å²) < 4.78 is 0. The molecule has 0 radical (unpaired) electrons. The molecule has 1 aromatic rings. The van der Waals surface area contributed by atoms with Gasteiger partial charge in [0.15, 0.2) is 0 Å². The normalized spacial score (nSPS) is 11.9. The summed E-state index contributed by atoms with van der Waals surface area (Å²) in [6.07, 6.45) is 0. The molecule has 0 aliphatic heterocycles. The molecule has 0 spiro atoms. The highest BCUT2D eigenvalue weighted by Crippen LogP contribution is 2.28. The van der Waals surface area contributed by atoms with E-state index in [2.05, 4.69) is 39.8 Å². The summed E-state index contributed by atoms with van der Waals surface area (Å²) in [6.45, 7) is 10.9. The molecule has 0 aliphatic carbocycles. The van der Waals surface area contributed by atoms with Gasteiger partial charge in [-0.3, -0.25) is 0 Å². The molecule has 0 atom stereocenters. The van der Waals surface area contributed by atoms with Gasteiger partial charge in [-0.1, -0.05) is 32.9 Å². The maximum absolute atomic E-state index is 9.20. The first-order valence-corrected chi connectivity index (χ1v) is 5.07. The highest BCUT2D eigenvalue weighted by atomic mass is 16.3. The van der Waals surface area contributed by atoms with Crippen molar-refractivity contribution in [1.29, 1.82) is 0 Å². The van der Waals surface area contributed by atoms with Crippen molar-refractivity contribution in [3.05, 3.63) is 34.4 Å². The summed E-state index contributed by atoms with van der Waals surface area (Å²) in [5.41, 5.74) is 5.01. The molecule has 0 heterocycles. The quantitative estimate of drug-likeness (QED) is 0.725.